The number of nitrogens with one attached hydrogen (secondary N) is 1. The van der Waals surface area contributed by atoms with Gasteiger partial charge < -0.3 is 10.1 Å². The van der Waals surface area contributed by atoms with Crippen LogP contribution in [-0.4, -0.2) is 29.7 Å². The quantitative estimate of drug-likeness (QED) is 0.847. The van der Waals surface area contributed by atoms with Gasteiger partial charge in [-0.25, -0.2) is 4.98 Å². The van der Waals surface area contributed by atoms with Gasteiger partial charge in [-0.1, -0.05) is 0 Å². The van der Waals surface area contributed by atoms with Crippen LogP contribution in [0.15, 0.2) is 12.3 Å². The van der Waals surface area contributed by atoms with E-state index in [2.05, 4.69) is 15.3 Å². The minimum atomic E-state index is 0. The Hall–Kier alpha value is -0.580. The van der Waals surface area contributed by atoms with Crippen LogP contribution >= 0.6 is 24.0 Å². The SMILES string of the molecule is Cl.Clc1nccc(OCC2CCCNC2)n1. The molecule has 1 fully saturated rings. The lowest BCUT2D eigenvalue weighted by Gasteiger charge is -2.22. The Kier molecular flexibility index (Phi) is 5.80. The Balaban J connectivity index is 0.00000128. The zero-order valence-corrected chi connectivity index (χ0v) is 10.4. The first-order valence-corrected chi connectivity index (χ1v) is 5.54. The third-order valence-electron chi connectivity index (χ3n) is 2.47. The van der Waals surface area contributed by atoms with Crippen LogP contribution in [-0.2, 0) is 0 Å². The van der Waals surface area contributed by atoms with Gasteiger partial charge in [0.15, 0.2) is 0 Å². The largest absolute Gasteiger partial charge is 0.477 e. The molecule has 1 atom stereocenters. The maximum atomic E-state index is 5.65. The van der Waals surface area contributed by atoms with Gasteiger partial charge in [0.25, 0.3) is 0 Å². The Morgan fingerprint density at radius 2 is 2.44 bits per heavy atom. The highest BCUT2D eigenvalue weighted by Crippen LogP contribution is 2.13. The van der Waals surface area contributed by atoms with Gasteiger partial charge in [-0.15, -0.1) is 12.4 Å². The number of piperidine rings is 1. The minimum absolute atomic E-state index is 0. The molecule has 2 heterocycles. The van der Waals surface area contributed by atoms with Crippen molar-refractivity contribution < 1.29 is 4.74 Å². The molecule has 1 saturated heterocycles. The van der Waals surface area contributed by atoms with Crippen molar-refractivity contribution in [3.05, 3.63) is 17.5 Å². The van der Waals surface area contributed by atoms with Crippen LogP contribution in [0.3, 0.4) is 0 Å². The Morgan fingerprint density at radius 3 is 3.12 bits per heavy atom. The average molecular weight is 264 g/mol. The van der Waals surface area contributed by atoms with Crippen molar-refractivity contribution in [2.75, 3.05) is 19.7 Å². The zero-order chi connectivity index (χ0) is 10.5. The maximum Gasteiger partial charge on any atom is 0.225 e. The predicted molar refractivity (Wildman–Crippen MR) is 65.4 cm³/mol. The van der Waals surface area contributed by atoms with Gasteiger partial charge in [-0.3, -0.25) is 0 Å². The van der Waals surface area contributed by atoms with Crippen LogP contribution in [0, 0.1) is 5.92 Å². The second-order valence-corrected chi connectivity index (χ2v) is 4.03. The number of nitrogens with zero attached hydrogens (tertiary/aromatic N) is 2. The van der Waals surface area contributed by atoms with Crippen molar-refractivity contribution in [3.8, 4) is 5.88 Å². The first kappa shape index (κ1) is 13.5. The first-order chi connectivity index (χ1) is 7.34. The molecule has 16 heavy (non-hydrogen) atoms. The molecule has 0 bridgehead atoms. The standard InChI is InChI=1S/C10H14ClN3O.ClH/c11-10-13-5-3-9(14-10)15-7-8-2-1-4-12-6-8;/h3,5,8,12H,1-2,4,6-7H2;1H. The summed E-state index contributed by atoms with van der Waals surface area (Å²) in [5, 5.41) is 3.57. The molecule has 0 aliphatic carbocycles. The summed E-state index contributed by atoms with van der Waals surface area (Å²) in [6.07, 6.45) is 4.04. The van der Waals surface area contributed by atoms with Gasteiger partial charge in [0.05, 0.1) is 6.61 Å². The van der Waals surface area contributed by atoms with Gasteiger partial charge in [-0.2, -0.15) is 4.98 Å². The summed E-state index contributed by atoms with van der Waals surface area (Å²) in [6.45, 7) is 2.84. The molecule has 6 heteroatoms. The molecular weight excluding hydrogens is 249 g/mol. The number of aromatic nitrogens is 2. The summed E-state index contributed by atoms with van der Waals surface area (Å²) in [5.41, 5.74) is 0. The molecular formula is C10H15Cl2N3O. The highest BCUT2D eigenvalue weighted by atomic mass is 35.5. The molecule has 1 aromatic heterocycles. The van der Waals surface area contributed by atoms with E-state index in [4.69, 9.17) is 16.3 Å². The number of hydrogen-bond donors (Lipinski definition) is 1. The fraction of sp³-hybridized carbons (Fsp3) is 0.600. The van der Waals surface area contributed by atoms with Crippen LogP contribution in [0.5, 0.6) is 5.88 Å². The van der Waals surface area contributed by atoms with Gasteiger partial charge in [0.2, 0.25) is 11.2 Å². The van der Waals surface area contributed by atoms with Crippen LogP contribution in [0.1, 0.15) is 12.8 Å². The van der Waals surface area contributed by atoms with Crippen molar-refractivity contribution in [2.45, 2.75) is 12.8 Å². The highest BCUT2D eigenvalue weighted by Gasteiger charge is 2.13. The van der Waals surface area contributed by atoms with E-state index in [1.165, 1.54) is 12.8 Å². The van der Waals surface area contributed by atoms with Crippen LogP contribution < -0.4 is 10.1 Å². The second kappa shape index (κ2) is 6.89. The van der Waals surface area contributed by atoms with E-state index in [1.54, 1.807) is 12.3 Å². The van der Waals surface area contributed by atoms with Crippen molar-refractivity contribution >= 4 is 24.0 Å². The summed E-state index contributed by atoms with van der Waals surface area (Å²) >= 11 is 5.65. The molecule has 1 unspecified atom stereocenters. The van der Waals surface area contributed by atoms with Crippen LogP contribution in [0.2, 0.25) is 5.28 Å². The molecule has 1 aromatic rings. The molecule has 2 rings (SSSR count). The second-order valence-electron chi connectivity index (χ2n) is 3.69. The Bertz CT molecular complexity index is 319. The summed E-state index contributed by atoms with van der Waals surface area (Å²) in [7, 11) is 0. The maximum absolute atomic E-state index is 5.65. The topological polar surface area (TPSA) is 47.0 Å². The van der Waals surface area contributed by atoms with Gasteiger partial charge in [-0.05, 0) is 31.0 Å². The van der Waals surface area contributed by atoms with E-state index >= 15 is 0 Å². The van der Waals surface area contributed by atoms with Crippen LogP contribution in [0.25, 0.3) is 0 Å². The van der Waals surface area contributed by atoms with E-state index in [-0.39, 0.29) is 17.7 Å². The molecule has 1 aliphatic rings. The smallest absolute Gasteiger partial charge is 0.225 e. The molecule has 0 saturated carbocycles. The monoisotopic (exact) mass is 263 g/mol. The van der Waals surface area contributed by atoms with Crippen molar-refractivity contribution in [1.29, 1.82) is 0 Å². The summed E-state index contributed by atoms with van der Waals surface area (Å²) in [6, 6.07) is 1.72. The molecule has 0 radical (unpaired) electrons. The van der Waals surface area contributed by atoms with E-state index < -0.39 is 0 Å². The Labute approximate surface area is 106 Å². The Morgan fingerprint density at radius 1 is 1.56 bits per heavy atom. The number of halogens is 2. The van der Waals surface area contributed by atoms with E-state index in [9.17, 15) is 0 Å². The van der Waals surface area contributed by atoms with Gasteiger partial charge in [0.1, 0.15) is 0 Å². The third kappa shape index (κ3) is 4.12. The van der Waals surface area contributed by atoms with E-state index in [0.29, 0.717) is 18.4 Å². The zero-order valence-electron chi connectivity index (χ0n) is 8.86. The van der Waals surface area contributed by atoms with Crippen molar-refractivity contribution in [3.63, 3.8) is 0 Å². The molecule has 1 N–H and O–H groups in total. The van der Waals surface area contributed by atoms with Gasteiger partial charge >= 0.3 is 0 Å². The number of ether oxygens (including phenoxy) is 1. The van der Waals surface area contributed by atoms with Gasteiger partial charge in [0, 0.05) is 24.7 Å². The molecule has 0 aromatic carbocycles. The summed E-state index contributed by atoms with van der Waals surface area (Å²) in [5.74, 6) is 1.13. The molecule has 0 spiro atoms. The third-order valence-corrected chi connectivity index (χ3v) is 2.65. The van der Waals surface area contributed by atoms with Crippen LogP contribution in [0.4, 0.5) is 0 Å². The molecule has 1 aliphatic heterocycles. The lowest BCUT2D eigenvalue weighted by molar-refractivity contribution is 0.212. The normalized spacial score (nSPS) is 19.9. The predicted octanol–water partition coefficient (Wildman–Crippen LogP) is 1.93. The summed E-state index contributed by atoms with van der Waals surface area (Å²) < 4.78 is 5.55. The molecule has 4 nitrogen and oxygen atoms in total. The van der Waals surface area contributed by atoms with E-state index in [0.717, 1.165) is 13.1 Å². The summed E-state index contributed by atoms with van der Waals surface area (Å²) in [4.78, 5) is 7.77. The minimum Gasteiger partial charge on any atom is -0.477 e. The lowest BCUT2D eigenvalue weighted by Crippen LogP contribution is -2.33. The lowest BCUT2D eigenvalue weighted by atomic mass is 10.0. The van der Waals surface area contributed by atoms with Crippen molar-refractivity contribution in [1.82, 2.24) is 15.3 Å². The molecule has 0 amide bonds. The number of hydrogen-bond acceptors (Lipinski definition) is 4. The number of rotatable bonds is 3. The fourth-order valence-corrected chi connectivity index (χ4v) is 1.81. The highest BCUT2D eigenvalue weighted by molar-refractivity contribution is 6.28. The fourth-order valence-electron chi connectivity index (χ4n) is 1.67. The molecule has 90 valence electrons. The van der Waals surface area contributed by atoms with Crippen molar-refractivity contribution in [2.24, 2.45) is 5.92 Å². The van der Waals surface area contributed by atoms with E-state index in [1.807, 2.05) is 0 Å². The average Bonchev–Trinajstić information content (AvgIpc) is 2.28. The first-order valence-electron chi connectivity index (χ1n) is 5.16.